The van der Waals surface area contributed by atoms with Gasteiger partial charge in [-0.1, -0.05) is 29.8 Å². The number of carbonyl (C=O) groups is 2. The lowest BCUT2D eigenvalue weighted by Crippen LogP contribution is -2.18. The normalized spacial score (nSPS) is 11.7. The molecule has 0 bridgehead atoms. The van der Waals surface area contributed by atoms with Gasteiger partial charge in [0.25, 0.3) is 5.91 Å². The number of carboxylic acid groups (broad SMARTS) is 1. The molecule has 24 heavy (non-hydrogen) atoms. The first-order valence-corrected chi connectivity index (χ1v) is 8.83. The van der Waals surface area contributed by atoms with Gasteiger partial charge < -0.3 is 5.11 Å². The summed E-state index contributed by atoms with van der Waals surface area (Å²) in [4.78, 5) is 24.5. The van der Waals surface area contributed by atoms with Crippen LogP contribution in [0, 0.1) is 0 Å². The first kappa shape index (κ1) is 16.6. The number of thiophene rings is 2. The van der Waals surface area contributed by atoms with Gasteiger partial charge in [0.1, 0.15) is 9.75 Å². The first-order valence-electron chi connectivity index (χ1n) is 6.82. The largest absolute Gasteiger partial charge is 0.477 e. The minimum atomic E-state index is -0.986. The number of hydrazone groups is 1. The third-order valence-corrected chi connectivity index (χ3v) is 6.10. The monoisotopic (exact) mass is 378 g/mol. The molecule has 3 rings (SSSR count). The van der Waals surface area contributed by atoms with E-state index in [0.717, 1.165) is 21.4 Å². The molecule has 0 unspecified atom stereocenters. The Morgan fingerprint density at radius 1 is 1.12 bits per heavy atom. The standard InChI is InChI=1S/C16H11ClN2O3S2/c1-8(10-6-7-12(23-10)16(21)22)18-19-15(20)14-13(17)9-4-2-3-5-11(9)24-14/h2-7H,1H3,(H,19,20)(H,21,22)/b18-8+. The minimum absolute atomic E-state index is 0.221. The van der Waals surface area contributed by atoms with Crippen LogP contribution in [0.4, 0.5) is 0 Å². The summed E-state index contributed by atoms with van der Waals surface area (Å²) in [6.07, 6.45) is 0. The Kier molecular flexibility index (Phi) is 4.66. The fourth-order valence-corrected chi connectivity index (χ4v) is 4.24. The molecule has 0 aliphatic rings. The number of hydrogen-bond donors (Lipinski definition) is 2. The quantitative estimate of drug-likeness (QED) is 0.519. The van der Waals surface area contributed by atoms with E-state index in [1.165, 1.54) is 17.4 Å². The van der Waals surface area contributed by atoms with E-state index >= 15 is 0 Å². The second-order valence-corrected chi connectivity index (χ2v) is 7.36. The van der Waals surface area contributed by atoms with Gasteiger partial charge in [0.15, 0.2) is 0 Å². The van der Waals surface area contributed by atoms with Gasteiger partial charge in [-0.05, 0) is 25.1 Å². The fourth-order valence-electron chi connectivity index (χ4n) is 2.05. The zero-order valence-electron chi connectivity index (χ0n) is 12.4. The summed E-state index contributed by atoms with van der Waals surface area (Å²) in [6, 6.07) is 10.7. The van der Waals surface area contributed by atoms with Crippen LogP contribution in [0.25, 0.3) is 10.1 Å². The highest BCUT2D eigenvalue weighted by molar-refractivity contribution is 7.21. The van der Waals surface area contributed by atoms with E-state index in [9.17, 15) is 9.59 Å². The van der Waals surface area contributed by atoms with Crippen molar-refractivity contribution in [2.45, 2.75) is 6.92 Å². The number of fused-ring (bicyclic) bond motifs is 1. The predicted molar refractivity (Wildman–Crippen MR) is 97.8 cm³/mol. The molecule has 1 aromatic carbocycles. The fraction of sp³-hybridized carbons (Fsp3) is 0.0625. The van der Waals surface area contributed by atoms with Gasteiger partial charge >= 0.3 is 5.97 Å². The number of carbonyl (C=O) groups excluding carboxylic acids is 1. The van der Waals surface area contributed by atoms with Crippen LogP contribution in [-0.4, -0.2) is 22.7 Å². The zero-order valence-corrected chi connectivity index (χ0v) is 14.8. The third-order valence-electron chi connectivity index (χ3n) is 3.24. The number of amides is 1. The van der Waals surface area contributed by atoms with E-state index < -0.39 is 11.9 Å². The summed E-state index contributed by atoms with van der Waals surface area (Å²) >= 11 is 8.66. The molecular weight excluding hydrogens is 368 g/mol. The Bertz CT molecular complexity index is 975. The van der Waals surface area contributed by atoms with Crippen LogP contribution in [0.3, 0.4) is 0 Å². The second kappa shape index (κ2) is 6.72. The molecule has 3 aromatic rings. The minimum Gasteiger partial charge on any atom is -0.477 e. The highest BCUT2D eigenvalue weighted by atomic mass is 35.5. The van der Waals surface area contributed by atoms with Crippen LogP contribution < -0.4 is 5.43 Å². The smallest absolute Gasteiger partial charge is 0.345 e. The van der Waals surface area contributed by atoms with Crippen molar-refractivity contribution in [2.75, 3.05) is 0 Å². The summed E-state index contributed by atoms with van der Waals surface area (Å²) in [5.41, 5.74) is 3.00. The molecule has 2 aromatic heterocycles. The van der Waals surface area contributed by atoms with Crippen LogP contribution >= 0.6 is 34.3 Å². The Labute approximate surface area is 150 Å². The van der Waals surface area contributed by atoms with E-state index in [4.69, 9.17) is 16.7 Å². The van der Waals surface area contributed by atoms with Crippen LogP contribution in [-0.2, 0) is 0 Å². The lowest BCUT2D eigenvalue weighted by Gasteiger charge is -2.00. The molecule has 0 saturated carbocycles. The summed E-state index contributed by atoms with van der Waals surface area (Å²) in [6.45, 7) is 1.70. The highest BCUT2D eigenvalue weighted by Gasteiger charge is 2.17. The molecule has 2 N–H and O–H groups in total. The molecule has 0 fully saturated rings. The van der Waals surface area contributed by atoms with E-state index in [1.54, 1.807) is 13.0 Å². The number of aromatic carboxylic acids is 1. The third kappa shape index (κ3) is 3.19. The maximum absolute atomic E-state index is 12.3. The van der Waals surface area contributed by atoms with Crippen LogP contribution in [0.15, 0.2) is 41.5 Å². The molecule has 1 amide bonds. The van der Waals surface area contributed by atoms with Gasteiger partial charge in [-0.15, -0.1) is 22.7 Å². The first-order chi connectivity index (χ1) is 11.5. The summed E-state index contributed by atoms with van der Waals surface area (Å²) < 4.78 is 0.928. The number of hydrogen-bond acceptors (Lipinski definition) is 5. The maximum Gasteiger partial charge on any atom is 0.345 e. The lowest BCUT2D eigenvalue weighted by molar-refractivity contribution is 0.0702. The summed E-state index contributed by atoms with van der Waals surface area (Å²) in [7, 11) is 0. The van der Waals surface area contributed by atoms with Gasteiger partial charge in [0, 0.05) is 10.1 Å². The zero-order chi connectivity index (χ0) is 17.3. The van der Waals surface area contributed by atoms with Gasteiger partial charge in [0.05, 0.1) is 15.6 Å². The van der Waals surface area contributed by atoms with Gasteiger partial charge in [0.2, 0.25) is 0 Å². The van der Waals surface area contributed by atoms with Crippen molar-refractivity contribution in [3.63, 3.8) is 0 Å². The lowest BCUT2D eigenvalue weighted by atomic mass is 10.2. The van der Waals surface area contributed by atoms with Crippen molar-refractivity contribution in [1.82, 2.24) is 5.43 Å². The highest BCUT2D eigenvalue weighted by Crippen LogP contribution is 2.34. The average molecular weight is 379 g/mol. The number of nitrogens with one attached hydrogen (secondary N) is 1. The average Bonchev–Trinajstić information content (AvgIpc) is 3.18. The van der Waals surface area contributed by atoms with E-state index in [1.807, 2.05) is 24.3 Å². The Balaban J connectivity index is 1.80. The van der Waals surface area contributed by atoms with Crippen molar-refractivity contribution >= 4 is 61.9 Å². The molecule has 0 aliphatic heterocycles. The molecule has 0 spiro atoms. The molecule has 0 radical (unpaired) electrons. The Hall–Kier alpha value is -2.22. The van der Waals surface area contributed by atoms with Crippen molar-refractivity contribution in [3.8, 4) is 0 Å². The van der Waals surface area contributed by atoms with Gasteiger partial charge in [-0.2, -0.15) is 5.10 Å². The number of nitrogens with zero attached hydrogens (tertiary/aromatic N) is 1. The van der Waals surface area contributed by atoms with Gasteiger partial charge in [-0.3, -0.25) is 4.79 Å². The molecule has 5 nitrogen and oxygen atoms in total. The molecule has 0 atom stereocenters. The number of benzene rings is 1. The topological polar surface area (TPSA) is 78.8 Å². The van der Waals surface area contributed by atoms with Gasteiger partial charge in [-0.25, -0.2) is 10.2 Å². The van der Waals surface area contributed by atoms with E-state index in [2.05, 4.69) is 10.5 Å². The molecule has 8 heteroatoms. The number of halogens is 1. The molecule has 122 valence electrons. The predicted octanol–water partition coefficient (Wildman–Crippen LogP) is 4.47. The van der Waals surface area contributed by atoms with E-state index in [0.29, 0.717) is 20.5 Å². The van der Waals surface area contributed by atoms with Crippen LogP contribution in [0.2, 0.25) is 5.02 Å². The van der Waals surface area contributed by atoms with E-state index in [-0.39, 0.29) is 4.88 Å². The Morgan fingerprint density at radius 2 is 1.83 bits per heavy atom. The summed E-state index contributed by atoms with van der Waals surface area (Å²) in [5, 5.41) is 14.2. The Morgan fingerprint density at radius 3 is 2.50 bits per heavy atom. The van der Waals surface area contributed by atoms with Crippen molar-refractivity contribution < 1.29 is 14.7 Å². The second-order valence-electron chi connectivity index (χ2n) is 4.85. The molecular formula is C16H11ClN2O3S2. The van der Waals surface area contributed by atoms with Crippen LogP contribution in [0.5, 0.6) is 0 Å². The van der Waals surface area contributed by atoms with Crippen LogP contribution in [0.1, 0.15) is 31.1 Å². The molecule has 0 aliphatic carbocycles. The summed E-state index contributed by atoms with van der Waals surface area (Å²) in [5.74, 6) is -1.38. The number of carboxylic acids is 1. The van der Waals surface area contributed by atoms with Crippen molar-refractivity contribution in [1.29, 1.82) is 0 Å². The maximum atomic E-state index is 12.3. The van der Waals surface area contributed by atoms with Crippen molar-refractivity contribution in [3.05, 3.63) is 56.1 Å². The molecule has 2 heterocycles. The SMILES string of the molecule is C/C(=N\NC(=O)c1sc2ccccc2c1Cl)c1ccc(C(=O)O)s1. The van der Waals surface area contributed by atoms with Crippen molar-refractivity contribution in [2.24, 2.45) is 5.10 Å². The number of rotatable bonds is 4. The molecule has 0 saturated heterocycles.